The van der Waals surface area contributed by atoms with E-state index < -0.39 is 24.0 Å². The third-order valence-corrected chi connectivity index (χ3v) is 12.8. The average Bonchev–Trinajstić information content (AvgIpc) is 3.77. The van der Waals surface area contributed by atoms with Gasteiger partial charge in [0.05, 0.1) is 11.8 Å². The Morgan fingerprint density at radius 1 is 0.794 bits per heavy atom. The van der Waals surface area contributed by atoms with Crippen molar-refractivity contribution >= 4 is 46.5 Å². The van der Waals surface area contributed by atoms with Gasteiger partial charge in [0.2, 0.25) is 17.7 Å². The van der Waals surface area contributed by atoms with Crippen LogP contribution in [0.1, 0.15) is 103 Å². The van der Waals surface area contributed by atoms with Gasteiger partial charge in [-0.3, -0.25) is 29.4 Å². The van der Waals surface area contributed by atoms with E-state index in [2.05, 4.69) is 120 Å². The molecule has 2 saturated heterocycles. The van der Waals surface area contributed by atoms with E-state index >= 15 is 0 Å². The summed E-state index contributed by atoms with van der Waals surface area (Å²) in [6.07, 6.45) is 13.0. The lowest BCUT2D eigenvalue weighted by Crippen LogP contribution is -2.55. The molecule has 2 heterocycles. The molecule has 5 unspecified atom stereocenters. The number of amides is 4. The number of allylic oxidation sites excluding steroid dienone is 2. The standard InChI is InChI=1S/C50H72N8O5/c1-34(2)47(53-49(62)43-14-13-29-58(43)50(63)36(4)52-48(61)35(3)51)44(59)15-11-9-10-12-16-45(60)57-32-30-56(31-33-57)42-27-21-39(22-28-42)46(37-17-23-40(24-18-37)54(5)6)38-19-25-41(26-20-38)55(7)8/h17-25,27-28,34,36,41,43,46-47,51H,9-16,26,29-33H2,1-8H3,(H,52,61)(H,53,62). The van der Waals surface area contributed by atoms with Crippen LogP contribution in [0.2, 0.25) is 0 Å². The summed E-state index contributed by atoms with van der Waals surface area (Å²) in [7, 11) is 8.38. The number of nitrogens with one attached hydrogen (secondary N) is 3. The van der Waals surface area contributed by atoms with Gasteiger partial charge in [-0.15, -0.1) is 0 Å². The zero-order valence-electron chi connectivity index (χ0n) is 39.0. The van der Waals surface area contributed by atoms with Crippen LogP contribution in [0.4, 0.5) is 11.4 Å². The molecular weight excluding hydrogens is 793 g/mol. The number of hydrogen-bond acceptors (Lipinski definition) is 9. The van der Waals surface area contributed by atoms with E-state index in [4.69, 9.17) is 5.41 Å². The van der Waals surface area contributed by atoms with Gasteiger partial charge in [-0.05, 0) is 107 Å². The fourth-order valence-electron chi connectivity index (χ4n) is 8.89. The lowest BCUT2D eigenvalue weighted by Gasteiger charge is -2.36. The number of anilines is 2. The number of rotatable bonds is 20. The number of carbonyl (C=O) groups excluding carboxylic acids is 5. The summed E-state index contributed by atoms with van der Waals surface area (Å²) in [5.41, 5.74) is 6.01. The Kier molecular flexibility index (Phi) is 17.7. The number of Topliss-reactive ketones (excluding diaryl/α,β-unsaturated/α-hetero) is 1. The number of nitrogens with zero attached hydrogens (tertiary/aromatic N) is 5. The molecule has 5 rings (SSSR count). The number of likely N-dealkylation sites (N-methyl/N-ethyl adjacent to an activating group) is 1. The zero-order valence-corrected chi connectivity index (χ0v) is 39.0. The highest BCUT2D eigenvalue weighted by atomic mass is 16.2. The summed E-state index contributed by atoms with van der Waals surface area (Å²) in [6.45, 7) is 10.0. The number of hydrogen-bond donors (Lipinski definition) is 3. The molecule has 3 N–H and O–H groups in total. The molecule has 0 radical (unpaired) electrons. The van der Waals surface area contributed by atoms with E-state index in [1.807, 2.05) is 18.7 Å². The SMILES string of the molecule is CC(=N)C(=O)NC(C)C(=O)N1CCCC1C(=O)NC(C(=O)CCCCCCC(=O)N1CCN(c2ccc(C(C3=CCC(N(C)C)C=C3)c3ccc(N(C)C)cc3)cc2)CC1)C(C)C. The maximum atomic E-state index is 13.4. The van der Waals surface area contributed by atoms with Crippen molar-refractivity contribution in [1.82, 2.24) is 25.3 Å². The van der Waals surface area contributed by atoms with Gasteiger partial charge in [0.15, 0.2) is 5.78 Å². The van der Waals surface area contributed by atoms with Gasteiger partial charge in [0, 0.05) is 83.0 Å². The van der Waals surface area contributed by atoms with Crippen LogP contribution < -0.4 is 20.4 Å². The first kappa shape index (κ1) is 48.7. The molecule has 0 saturated carbocycles. The summed E-state index contributed by atoms with van der Waals surface area (Å²) in [4.78, 5) is 75.1. The monoisotopic (exact) mass is 865 g/mol. The van der Waals surface area contributed by atoms with Crippen molar-refractivity contribution in [2.75, 3.05) is 70.7 Å². The largest absolute Gasteiger partial charge is 0.378 e. The van der Waals surface area contributed by atoms with Crippen molar-refractivity contribution in [3.05, 3.63) is 83.5 Å². The third kappa shape index (κ3) is 13.1. The van der Waals surface area contributed by atoms with Crippen molar-refractivity contribution in [3.63, 3.8) is 0 Å². The molecule has 0 aromatic heterocycles. The van der Waals surface area contributed by atoms with Crippen molar-refractivity contribution in [2.24, 2.45) is 5.92 Å². The number of carbonyl (C=O) groups is 5. The predicted molar refractivity (Wildman–Crippen MR) is 252 cm³/mol. The molecule has 2 fully saturated rings. The van der Waals surface area contributed by atoms with Gasteiger partial charge < -0.3 is 35.1 Å². The molecule has 2 aromatic carbocycles. The average molecular weight is 865 g/mol. The van der Waals surface area contributed by atoms with Crippen molar-refractivity contribution in [2.45, 2.75) is 116 Å². The fourth-order valence-corrected chi connectivity index (χ4v) is 8.89. The van der Waals surface area contributed by atoms with Crippen LogP contribution in [0.5, 0.6) is 0 Å². The number of unbranched alkanes of at least 4 members (excludes halogenated alkanes) is 3. The Balaban J connectivity index is 1.04. The van der Waals surface area contributed by atoms with E-state index in [-0.39, 0.29) is 41.1 Å². The summed E-state index contributed by atoms with van der Waals surface area (Å²) in [6, 6.07) is 16.0. The Labute approximate surface area is 375 Å². The van der Waals surface area contributed by atoms with Crippen LogP contribution in [-0.4, -0.2) is 135 Å². The molecule has 63 heavy (non-hydrogen) atoms. The fraction of sp³-hybridized carbons (Fsp3) is 0.560. The van der Waals surface area contributed by atoms with Gasteiger partial charge in [-0.2, -0.15) is 0 Å². The molecule has 13 heteroatoms. The summed E-state index contributed by atoms with van der Waals surface area (Å²) >= 11 is 0. The molecule has 0 bridgehead atoms. The van der Waals surface area contributed by atoms with E-state index in [0.717, 1.165) is 38.8 Å². The van der Waals surface area contributed by atoms with Crippen molar-refractivity contribution in [1.29, 1.82) is 5.41 Å². The molecule has 342 valence electrons. The highest BCUT2D eigenvalue weighted by molar-refractivity contribution is 6.36. The second kappa shape index (κ2) is 22.9. The molecule has 3 aliphatic rings. The Morgan fingerprint density at radius 2 is 1.41 bits per heavy atom. The van der Waals surface area contributed by atoms with Crippen LogP contribution in [0.3, 0.4) is 0 Å². The first-order valence-corrected chi connectivity index (χ1v) is 23.0. The van der Waals surface area contributed by atoms with E-state index in [1.54, 1.807) is 6.92 Å². The number of ketones is 1. The summed E-state index contributed by atoms with van der Waals surface area (Å²) < 4.78 is 0. The van der Waals surface area contributed by atoms with Crippen LogP contribution in [0, 0.1) is 11.3 Å². The van der Waals surface area contributed by atoms with Gasteiger partial charge in [-0.1, -0.05) is 69.2 Å². The second-order valence-electron chi connectivity index (χ2n) is 18.3. The molecule has 0 spiro atoms. The normalized spacial score (nSPS) is 19.1. The first-order chi connectivity index (χ1) is 30.0. The second-order valence-corrected chi connectivity index (χ2v) is 18.3. The van der Waals surface area contributed by atoms with Gasteiger partial charge >= 0.3 is 0 Å². The van der Waals surface area contributed by atoms with Crippen LogP contribution in [-0.2, 0) is 24.0 Å². The highest BCUT2D eigenvalue weighted by Gasteiger charge is 2.38. The Bertz CT molecular complexity index is 1970. The smallest absolute Gasteiger partial charge is 0.265 e. The number of piperazine rings is 1. The molecule has 2 aromatic rings. The van der Waals surface area contributed by atoms with Crippen LogP contribution in [0.25, 0.3) is 0 Å². The molecule has 2 aliphatic heterocycles. The summed E-state index contributed by atoms with van der Waals surface area (Å²) in [5, 5.41) is 12.9. The first-order valence-electron chi connectivity index (χ1n) is 23.0. The van der Waals surface area contributed by atoms with E-state index in [0.29, 0.717) is 57.8 Å². The maximum Gasteiger partial charge on any atom is 0.265 e. The summed E-state index contributed by atoms with van der Waals surface area (Å²) in [5.74, 6) is -1.21. The van der Waals surface area contributed by atoms with Gasteiger partial charge in [0.25, 0.3) is 5.91 Å². The Hall–Kier alpha value is -5.30. The van der Waals surface area contributed by atoms with Crippen molar-refractivity contribution in [3.8, 4) is 0 Å². The molecule has 13 nitrogen and oxygen atoms in total. The minimum absolute atomic E-state index is 0.0355. The van der Waals surface area contributed by atoms with Crippen molar-refractivity contribution < 1.29 is 24.0 Å². The van der Waals surface area contributed by atoms with Gasteiger partial charge in [-0.25, -0.2) is 0 Å². The predicted octanol–water partition coefficient (Wildman–Crippen LogP) is 5.94. The van der Waals surface area contributed by atoms with Crippen LogP contribution >= 0.6 is 0 Å². The lowest BCUT2D eigenvalue weighted by atomic mass is 9.82. The van der Waals surface area contributed by atoms with E-state index in [9.17, 15) is 24.0 Å². The van der Waals surface area contributed by atoms with Crippen LogP contribution in [0.15, 0.2) is 72.3 Å². The minimum Gasteiger partial charge on any atom is -0.378 e. The quantitative estimate of drug-likeness (QED) is 0.110. The zero-order chi connectivity index (χ0) is 45.8. The topological polar surface area (TPSA) is 149 Å². The number of benzene rings is 2. The highest BCUT2D eigenvalue weighted by Crippen LogP contribution is 2.37. The Morgan fingerprint density at radius 3 is 1.97 bits per heavy atom. The van der Waals surface area contributed by atoms with Gasteiger partial charge in [0.1, 0.15) is 12.1 Å². The third-order valence-electron chi connectivity index (χ3n) is 12.8. The number of likely N-dealkylation sites (tertiary alicyclic amines) is 1. The lowest BCUT2D eigenvalue weighted by molar-refractivity contribution is -0.141. The minimum atomic E-state index is -0.874. The maximum absolute atomic E-state index is 13.4. The molecule has 1 aliphatic carbocycles. The molecule has 5 atom stereocenters. The molecule has 4 amide bonds. The van der Waals surface area contributed by atoms with E-state index in [1.165, 1.54) is 39.9 Å². The molecular formula is C50H72N8O5.